The van der Waals surface area contributed by atoms with Gasteiger partial charge in [-0.15, -0.1) is 24.0 Å². The van der Waals surface area contributed by atoms with Gasteiger partial charge < -0.3 is 15.4 Å². The Morgan fingerprint density at radius 3 is 2.52 bits per heavy atom. The second-order valence-corrected chi connectivity index (χ2v) is 8.73. The standard InChI is InChI=1S/C17H33N3OS.HI/c1-4-18-15(19-13-16(2)7-6-12-22-16)20-14-17(8-5-9-17)10-11-21-3;/h4-14H2,1-3H3,(H2,18,19,20);1H. The van der Waals surface area contributed by atoms with E-state index in [1.54, 1.807) is 7.11 Å². The van der Waals surface area contributed by atoms with Crippen LogP contribution in [0, 0.1) is 5.41 Å². The fourth-order valence-electron chi connectivity index (χ4n) is 3.32. The lowest BCUT2D eigenvalue weighted by molar-refractivity contribution is 0.0778. The van der Waals surface area contributed by atoms with Crippen LogP contribution in [0.2, 0.25) is 0 Å². The van der Waals surface area contributed by atoms with E-state index in [1.807, 2.05) is 0 Å². The van der Waals surface area contributed by atoms with Crippen LogP contribution in [0.4, 0.5) is 0 Å². The Bertz CT molecular complexity index is 369. The fourth-order valence-corrected chi connectivity index (χ4v) is 4.56. The largest absolute Gasteiger partial charge is 0.385 e. The van der Waals surface area contributed by atoms with Crippen LogP contribution in [-0.2, 0) is 4.74 Å². The number of aliphatic imine (C=N–C) groups is 1. The lowest BCUT2D eigenvalue weighted by atomic mass is 9.67. The van der Waals surface area contributed by atoms with Crippen molar-refractivity contribution in [1.29, 1.82) is 0 Å². The molecule has 1 atom stereocenters. The molecule has 0 bridgehead atoms. The summed E-state index contributed by atoms with van der Waals surface area (Å²) >= 11 is 2.09. The number of hydrogen-bond acceptors (Lipinski definition) is 3. The fraction of sp³-hybridized carbons (Fsp3) is 0.941. The van der Waals surface area contributed by atoms with Crippen molar-refractivity contribution in [2.45, 2.75) is 57.1 Å². The topological polar surface area (TPSA) is 45.7 Å². The first-order valence-corrected chi connectivity index (χ1v) is 9.75. The molecule has 0 aromatic rings. The van der Waals surface area contributed by atoms with Gasteiger partial charge in [0, 0.05) is 38.1 Å². The van der Waals surface area contributed by atoms with Crippen LogP contribution in [0.5, 0.6) is 0 Å². The number of guanidine groups is 1. The smallest absolute Gasteiger partial charge is 0.191 e. The number of halogens is 1. The van der Waals surface area contributed by atoms with Crippen molar-refractivity contribution in [3.8, 4) is 0 Å². The SMILES string of the molecule is CCNC(=NCC1(CCOC)CCC1)NCC1(C)CCCS1.I. The summed E-state index contributed by atoms with van der Waals surface area (Å²) in [6.45, 7) is 8.21. The quantitative estimate of drug-likeness (QED) is 0.333. The van der Waals surface area contributed by atoms with E-state index in [2.05, 4.69) is 36.2 Å². The molecule has 136 valence electrons. The predicted octanol–water partition coefficient (Wildman–Crippen LogP) is 3.65. The Morgan fingerprint density at radius 2 is 2.00 bits per heavy atom. The Labute approximate surface area is 163 Å². The summed E-state index contributed by atoms with van der Waals surface area (Å²) < 4.78 is 5.65. The van der Waals surface area contributed by atoms with Crippen LogP contribution < -0.4 is 10.6 Å². The third-order valence-corrected chi connectivity index (χ3v) is 6.64. The van der Waals surface area contributed by atoms with Crippen LogP contribution in [0.1, 0.15) is 52.4 Å². The summed E-state index contributed by atoms with van der Waals surface area (Å²) in [6.07, 6.45) is 7.73. The molecule has 6 heteroatoms. The minimum absolute atomic E-state index is 0. The highest BCUT2D eigenvalue weighted by molar-refractivity contribution is 14.0. The monoisotopic (exact) mass is 455 g/mol. The molecular weight excluding hydrogens is 421 g/mol. The van der Waals surface area contributed by atoms with E-state index in [0.29, 0.717) is 10.2 Å². The zero-order valence-electron chi connectivity index (χ0n) is 15.0. The molecule has 0 amide bonds. The molecule has 0 aromatic carbocycles. The number of hydrogen-bond donors (Lipinski definition) is 2. The zero-order valence-corrected chi connectivity index (χ0v) is 18.1. The van der Waals surface area contributed by atoms with E-state index in [9.17, 15) is 0 Å². The number of methoxy groups -OCH3 is 1. The normalized spacial score (nSPS) is 26.3. The van der Waals surface area contributed by atoms with Gasteiger partial charge in [-0.1, -0.05) is 6.42 Å². The first-order valence-electron chi connectivity index (χ1n) is 8.77. The predicted molar refractivity (Wildman–Crippen MR) is 112 cm³/mol. The molecule has 1 aliphatic carbocycles. The molecule has 2 fully saturated rings. The highest BCUT2D eigenvalue weighted by Gasteiger charge is 2.36. The molecule has 1 unspecified atom stereocenters. The van der Waals surface area contributed by atoms with Crippen molar-refractivity contribution in [2.24, 2.45) is 10.4 Å². The average molecular weight is 455 g/mol. The summed E-state index contributed by atoms with van der Waals surface area (Å²) in [5.41, 5.74) is 0.393. The van der Waals surface area contributed by atoms with Gasteiger partial charge in [-0.3, -0.25) is 4.99 Å². The van der Waals surface area contributed by atoms with E-state index < -0.39 is 0 Å². The Morgan fingerprint density at radius 1 is 1.22 bits per heavy atom. The second kappa shape index (κ2) is 10.3. The molecule has 2 aliphatic rings. The molecule has 0 spiro atoms. The van der Waals surface area contributed by atoms with Gasteiger partial charge in [-0.05, 0) is 57.1 Å². The van der Waals surface area contributed by atoms with Crippen molar-refractivity contribution in [1.82, 2.24) is 10.6 Å². The van der Waals surface area contributed by atoms with E-state index in [1.165, 1.54) is 37.9 Å². The van der Waals surface area contributed by atoms with Crippen LogP contribution in [0.15, 0.2) is 4.99 Å². The molecular formula is C17H34IN3OS. The highest BCUT2D eigenvalue weighted by atomic mass is 127. The van der Waals surface area contributed by atoms with E-state index in [0.717, 1.165) is 38.6 Å². The third kappa shape index (κ3) is 6.61. The minimum Gasteiger partial charge on any atom is -0.385 e. The maximum atomic E-state index is 5.27. The van der Waals surface area contributed by atoms with E-state index >= 15 is 0 Å². The van der Waals surface area contributed by atoms with Crippen LogP contribution in [0.25, 0.3) is 0 Å². The van der Waals surface area contributed by atoms with Crippen LogP contribution in [0.3, 0.4) is 0 Å². The maximum Gasteiger partial charge on any atom is 0.191 e. The summed E-state index contributed by atoms with van der Waals surface area (Å²) in [6, 6.07) is 0. The lowest BCUT2D eigenvalue weighted by Gasteiger charge is -2.41. The van der Waals surface area contributed by atoms with Crippen molar-refractivity contribution < 1.29 is 4.74 Å². The summed E-state index contributed by atoms with van der Waals surface area (Å²) in [4.78, 5) is 4.88. The van der Waals surface area contributed by atoms with Gasteiger partial charge in [0.2, 0.25) is 0 Å². The maximum absolute atomic E-state index is 5.27. The van der Waals surface area contributed by atoms with Gasteiger partial charge in [0.15, 0.2) is 5.96 Å². The first-order chi connectivity index (χ1) is 10.6. The molecule has 1 saturated heterocycles. The Balaban J connectivity index is 0.00000264. The van der Waals surface area contributed by atoms with Gasteiger partial charge in [-0.25, -0.2) is 0 Å². The van der Waals surface area contributed by atoms with Gasteiger partial charge >= 0.3 is 0 Å². The number of nitrogens with one attached hydrogen (secondary N) is 2. The molecule has 0 aromatic heterocycles. The van der Waals surface area contributed by atoms with Crippen LogP contribution >= 0.6 is 35.7 Å². The van der Waals surface area contributed by atoms with E-state index in [4.69, 9.17) is 9.73 Å². The molecule has 2 N–H and O–H groups in total. The lowest BCUT2D eigenvalue weighted by Crippen LogP contribution is -2.44. The Kier molecular flexibility index (Phi) is 9.59. The van der Waals surface area contributed by atoms with Crippen molar-refractivity contribution in [2.75, 3.05) is 39.1 Å². The number of ether oxygens (including phenoxy) is 1. The number of nitrogens with zero attached hydrogens (tertiary/aromatic N) is 1. The minimum atomic E-state index is 0. The number of thioether (sulfide) groups is 1. The second-order valence-electron chi connectivity index (χ2n) is 7.05. The van der Waals surface area contributed by atoms with Crippen molar-refractivity contribution in [3.63, 3.8) is 0 Å². The van der Waals surface area contributed by atoms with E-state index in [-0.39, 0.29) is 24.0 Å². The molecule has 2 rings (SSSR count). The molecule has 23 heavy (non-hydrogen) atoms. The summed E-state index contributed by atoms with van der Waals surface area (Å²) in [7, 11) is 1.79. The van der Waals surface area contributed by atoms with Crippen LogP contribution in [-0.4, -0.2) is 49.8 Å². The molecule has 4 nitrogen and oxygen atoms in total. The molecule has 1 heterocycles. The van der Waals surface area contributed by atoms with Gasteiger partial charge in [0.25, 0.3) is 0 Å². The molecule has 1 saturated carbocycles. The molecule has 0 radical (unpaired) electrons. The zero-order chi connectivity index (χ0) is 15.9. The average Bonchev–Trinajstić information content (AvgIpc) is 2.90. The van der Waals surface area contributed by atoms with Gasteiger partial charge in [-0.2, -0.15) is 11.8 Å². The highest BCUT2D eigenvalue weighted by Crippen LogP contribution is 2.44. The third-order valence-electron chi connectivity index (χ3n) is 5.10. The van der Waals surface area contributed by atoms with Gasteiger partial charge in [0.05, 0.1) is 0 Å². The first kappa shape index (κ1) is 21.4. The summed E-state index contributed by atoms with van der Waals surface area (Å²) in [5, 5.41) is 6.97. The van der Waals surface area contributed by atoms with Crippen molar-refractivity contribution >= 4 is 41.7 Å². The Hall–Kier alpha value is 0.310. The van der Waals surface area contributed by atoms with Crippen molar-refractivity contribution in [3.05, 3.63) is 0 Å². The number of rotatable bonds is 8. The summed E-state index contributed by atoms with van der Waals surface area (Å²) in [5.74, 6) is 2.28. The molecule has 1 aliphatic heterocycles. The van der Waals surface area contributed by atoms with Gasteiger partial charge in [0.1, 0.15) is 0 Å².